The lowest BCUT2D eigenvalue weighted by Gasteiger charge is -2.34. The second-order valence-electron chi connectivity index (χ2n) is 6.87. The highest BCUT2D eigenvalue weighted by atomic mass is 16.5. The maximum absolute atomic E-state index is 12.9. The van der Waals surface area contributed by atoms with Gasteiger partial charge in [0.15, 0.2) is 0 Å². The number of anilines is 1. The van der Waals surface area contributed by atoms with Crippen LogP contribution in [0.3, 0.4) is 0 Å². The number of rotatable bonds is 6. The summed E-state index contributed by atoms with van der Waals surface area (Å²) in [5, 5.41) is 0. The third-order valence-electron chi connectivity index (χ3n) is 4.99. The van der Waals surface area contributed by atoms with Crippen LogP contribution >= 0.6 is 0 Å². The van der Waals surface area contributed by atoms with Crippen LogP contribution in [-0.2, 0) is 14.4 Å². The van der Waals surface area contributed by atoms with Crippen molar-refractivity contribution in [1.82, 2.24) is 4.90 Å². The molecular formula is C19H25N3O4. The van der Waals surface area contributed by atoms with E-state index in [0.717, 1.165) is 19.3 Å². The van der Waals surface area contributed by atoms with Crippen LogP contribution in [0.1, 0.15) is 32.6 Å². The number of hydrogen-bond donors (Lipinski definition) is 1. The van der Waals surface area contributed by atoms with E-state index < -0.39 is 6.04 Å². The van der Waals surface area contributed by atoms with Crippen LogP contribution in [0.4, 0.5) is 5.69 Å². The van der Waals surface area contributed by atoms with Gasteiger partial charge in [-0.3, -0.25) is 19.3 Å². The number of piperidine rings is 1. The average molecular weight is 359 g/mol. The Morgan fingerprint density at radius 2 is 2.00 bits per heavy atom. The van der Waals surface area contributed by atoms with Gasteiger partial charge >= 0.3 is 0 Å². The maximum atomic E-state index is 12.9. The van der Waals surface area contributed by atoms with Gasteiger partial charge < -0.3 is 10.5 Å². The van der Waals surface area contributed by atoms with Gasteiger partial charge in [0.1, 0.15) is 5.75 Å². The SMILES string of the molecule is CCCOc1ccc(N2C(=O)C[C@H](N3CCC[C@H](C(N)=O)C3)C2=O)cc1. The van der Waals surface area contributed by atoms with Crippen molar-refractivity contribution in [3.05, 3.63) is 24.3 Å². The van der Waals surface area contributed by atoms with E-state index in [1.165, 1.54) is 4.90 Å². The molecule has 2 atom stereocenters. The molecule has 0 aromatic heterocycles. The van der Waals surface area contributed by atoms with Crippen molar-refractivity contribution in [3.63, 3.8) is 0 Å². The van der Waals surface area contributed by atoms with E-state index in [9.17, 15) is 14.4 Å². The Hall–Kier alpha value is -2.41. The molecule has 140 valence electrons. The number of imide groups is 1. The molecule has 7 nitrogen and oxygen atoms in total. The number of carbonyl (C=O) groups is 3. The van der Waals surface area contributed by atoms with E-state index >= 15 is 0 Å². The predicted octanol–water partition coefficient (Wildman–Crippen LogP) is 1.30. The summed E-state index contributed by atoms with van der Waals surface area (Å²) in [7, 11) is 0. The quantitative estimate of drug-likeness (QED) is 0.773. The zero-order chi connectivity index (χ0) is 18.7. The number of primary amides is 1. The van der Waals surface area contributed by atoms with Crippen molar-refractivity contribution in [3.8, 4) is 5.75 Å². The van der Waals surface area contributed by atoms with Crippen molar-refractivity contribution in [2.24, 2.45) is 11.7 Å². The number of carbonyl (C=O) groups excluding carboxylic acids is 3. The molecule has 7 heteroatoms. The fraction of sp³-hybridized carbons (Fsp3) is 0.526. The summed E-state index contributed by atoms with van der Waals surface area (Å²) in [4.78, 5) is 40.0. The molecule has 2 aliphatic heterocycles. The topological polar surface area (TPSA) is 92.9 Å². The first-order valence-corrected chi connectivity index (χ1v) is 9.14. The summed E-state index contributed by atoms with van der Waals surface area (Å²) in [5.41, 5.74) is 5.97. The zero-order valence-electron chi connectivity index (χ0n) is 15.0. The van der Waals surface area contributed by atoms with Gasteiger partial charge in [0.2, 0.25) is 11.8 Å². The Labute approximate surface area is 153 Å². The van der Waals surface area contributed by atoms with Crippen molar-refractivity contribution in [1.29, 1.82) is 0 Å². The number of benzene rings is 1. The standard InChI is InChI=1S/C19H25N3O4/c1-2-10-26-15-7-5-14(6-8-15)22-17(23)11-16(19(22)25)21-9-3-4-13(12-21)18(20)24/h5-8,13,16H,2-4,9-12H2,1H3,(H2,20,24)/t13-,16-/m0/s1. The van der Waals surface area contributed by atoms with Crippen LogP contribution in [0.5, 0.6) is 5.75 Å². The molecule has 26 heavy (non-hydrogen) atoms. The highest BCUT2D eigenvalue weighted by Crippen LogP contribution is 2.29. The molecule has 0 radical (unpaired) electrons. The molecule has 2 aliphatic rings. The molecule has 2 saturated heterocycles. The number of nitrogens with two attached hydrogens (primary N) is 1. The summed E-state index contributed by atoms with van der Waals surface area (Å²) >= 11 is 0. The lowest BCUT2D eigenvalue weighted by atomic mass is 9.96. The van der Waals surface area contributed by atoms with Crippen LogP contribution in [0, 0.1) is 5.92 Å². The molecule has 0 bridgehead atoms. The Morgan fingerprint density at radius 1 is 1.27 bits per heavy atom. The Morgan fingerprint density at radius 3 is 2.65 bits per heavy atom. The molecule has 0 unspecified atom stereocenters. The van der Waals surface area contributed by atoms with Crippen LogP contribution in [-0.4, -0.2) is 48.4 Å². The molecule has 3 amide bonds. The first-order chi connectivity index (χ1) is 12.5. The molecule has 0 saturated carbocycles. The van der Waals surface area contributed by atoms with E-state index in [-0.39, 0.29) is 30.1 Å². The maximum Gasteiger partial charge on any atom is 0.251 e. The van der Waals surface area contributed by atoms with Crippen molar-refractivity contribution < 1.29 is 19.1 Å². The third kappa shape index (κ3) is 3.72. The summed E-state index contributed by atoms with van der Waals surface area (Å²) in [6, 6.07) is 6.48. The summed E-state index contributed by atoms with van der Waals surface area (Å²) < 4.78 is 5.54. The minimum Gasteiger partial charge on any atom is -0.494 e. The molecule has 0 spiro atoms. The number of hydrogen-bond acceptors (Lipinski definition) is 5. The molecule has 2 N–H and O–H groups in total. The molecular weight excluding hydrogens is 334 g/mol. The zero-order valence-corrected chi connectivity index (χ0v) is 15.0. The molecule has 1 aromatic rings. The van der Waals surface area contributed by atoms with E-state index in [4.69, 9.17) is 10.5 Å². The summed E-state index contributed by atoms with van der Waals surface area (Å²) in [6.45, 7) is 3.79. The van der Waals surface area contributed by atoms with Crippen molar-refractivity contribution >= 4 is 23.4 Å². The fourth-order valence-electron chi connectivity index (χ4n) is 3.61. The average Bonchev–Trinajstić information content (AvgIpc) is 2.95. The van der Waals surface area contributed by atoms with E-state index in [0.29, 0.717) is 31.1 Å². The predicted molar refractivity (Wildman–Crippen MR) is 96.6 cm³/mol. The van der Waals surface area contributed by atoms with Gasteiger partial charge in [-0.1, -0.05) is 6.92 Å². The Bertz CT molecular complexity index is 689. The van der Waals surface area contributed by atoms with Crippen LogP contribution < -0.4 is 15.4 Å². The number of nitrogens with zero attached hydrogens (tertiary/aromatic N) is 2. The summed E-state index contributed by atoms with van der Waals surface area (Å²) in [5.74, 6) is -0.334. The van der Waals surface area contributed by atoms with Crippen LogP contribution in [0.15, 0.2) is 24.3 Å². The lowest BCUT2D eigenvalue weighted by Crippen LogP contribution is -2.49. The minimum absolute atomic E-state index is 0.137. The molecule has 2 fully saturated rings. The minimum atomic E-state index is -0.513. The van der Waals surface area contributed by atoms with Crippen molar-refractivity contribution in [2.45, 2.75) is 38.6 Å². The van der Waals surface area contributed by atoms with Crippen LogP contribution in [0.2, 0.25) is 0 Å². The monoisotopic (exact) mass is 359 g/mol. The van der Waals surface area contributed by atoms with Gasteiger partial charge in [-0.2, -0.15) is 0 Å². The smallest absolute Gasteiger partial charge is 0.251 e. The lowest BCUT2D eigenvalue weighted by molar-refractivity contribution is -0.127. The first-order valence-electron chi connectivity index (χ1n) is 9.14. The van der Waals surface area contributed by atoms with E-state index in [2.05, 4.69) is 0 Å². The van der Waals surface area contributed by atoms with Gasteiger partial charge in [0, 0.05) is 6.54 Å². The fourth-order valence-corrected chi connectivity index (χ4v) is 3.61. The molecule has 3 rings (SSSR count). The van der Waals surface area contributed by atoms with Crippen molar-refractivity contribution in [2.75, 3.05) is 24.6 Å². The Balaban J connectivity index is 1.71. The second-order valence-corrected chi connectivity index (χ2v) is 6.87. The number of ether oxygens (including phenoxy) is 1. The highest BCUT2D eigenvalue weighted by molar-refractivity contribution is 6.22. The molecule has 1 aromatic carbocycles. The van der Waals surface area contributed by atoms with Gasteiger partial charge in [0.05, 0.1) is 30.7 Å². The van der Waals surface area contributed by atoms with Gasteiger partial charge in [0.25, 0.3) is 5.91 Å². The number of likely N-dealkylation sites (tertiary alicyclic amines) is 1. The highest BCUT2D eigenvalue weighted by Gasteiger charge is 2.44. The third-order valence-corrected chi connectivity index (χ3v) is 4.99. The van der Waals surface area contributed by atoms with Gasteiger partial charge in [-0.25, -0.2) is 4.90 Å². The molecule has 0 aliphatic carbocycles. The second kappa shape index (κ2) is 7.86. The van der Waals surface area contributed by atoms with Gasteiger partial charge in [-0.05, 0) is 50.1 Å². The van der Waals surface area contributed by atoms with Gasteiger partial charge in [-0.15, -0.1) is 0 Å². The van der Waals surface area contributed by atoms with Crippen LogP contribution in [0.25, 0.3) is 0 Å². The van der Waals surface area contributed by atoms with E-state index in [1.807, 2.05) is 11.8 Å². The molecule has 2 heterocycles. The summed E-state index contributed by atoms with van der Waals surface area (Å²) in [6.07, 6.45) is 2.59. The number of amides is 3. The Kier molecular flexibility index (Phi) is 5.56. The van der Waals surface area contributed by atoms with E-state index in [1.54, 1.807) is 24.3 Å². The normalized spacial score (nSPS) is 24.1. The largest absolute Gasteiger partial charge is 0.494 e. The first kappa shape index (κ1) is 18.4.